The van der Waals surface area contributed by atoms with Gasteiger partial charge < -0.3 is 34.1 Å². The van der Waals surface area contributed by atoms with Crippen LogP contribution in [0.2, 0.25) is 0 Å². The second-order valence-electron chi connectivity index (χ2n) is 21.6. The zero-order valence-corrected chi connectivity index (χ0v) is 46.0. The quantitative estimate of drug-likeness (QED) is 0.118. The van der Waals surface area contributed by atoms with Gasteiger partial charge in [0.05, 0.1) is 34.8 Å². The number of rotatable bonds is 9. The number of aromatic nitrogens is 3. The highest BCUT2D eigenvalue weighted by Crippen LogP contribution is 2.43. The summed E-state index contributed by atoms with van der Waals surface area (Å²) in [6.07, 6.45) is 8.07. The first kappa shape index (κ1) is 51.9. The first-order valence-electron chi connectivity index (χ1n) is 25.4. The summed E-state index contributed by atoms with van der Waals surface area (Å²) in [5.41, 5.74) is 9.57. The van der Waals surface area contributed by atoms with Gasteiger partial charge in [0, 0.05) is 109 Å². The van der Waals surface area contributed by atoms with Crippen molar-refractivity contribution in [2.45, 2.75) is 123 Å². The number of esters is 1. The molecule has 6 bridgehead atoms. The lowest BCUT2D eigenvalue weighted by Crippen LogP contribution is -2.67. The van der Waals surface area contributed by atoms with E-state index in [2.05, 4.69) is 66.9 Å². The predicted molar refractivity (Wildman–Crippen MR) is 279 cm³/mol. The number of piperidine rings is 2. The maximum absolute atomic E-state index is 14.9. The summed E-state index contributed by atoms with van der Waals surface area (Å²) < 4.78 is 14.4. The van der Waals surface area contributed by atoms with Gasteiger partial charge in [-0.2, -0.15) is 0 Å². The molecule has 18 heteroatoms. The van der Waals surface area contributed by atoms with Crippen molar-refractivity contribution in [3.8, 4) is 22.5 Å². The number of thiazole rings is 1. The average molecular weight is 1010 g/mol. The van der Waals surface area contributed by atoms with E-state index >= 15 is 0 Å². The molecule has 5 amide bonds. The van der Waals surface area contributed by atoms with Crippen LogP contribution in [0, 0.1) is 16.7 Å². The fraction of sp³-hybridized carbons (Fsp3) is 0.566. The molecule has 0 aliphatic carbocycles. The summed E-state index contributed by atoms with van der Waals surface area (Å²) in [4.78, 5) is 85.6. The van der Waals surface area contributed by atoms with Crippen LogP contribution in [0.5, 0.6) is 0 Å². The number of pyridine rings is 1. The third-order valence-electron chi connectivity index (χ3n) is 15.6. The molecule has 3 fully saturated rings. The van der Waals surface area contributed by atoms with Crippen molar-refractivity contribution >= 4 is 62.2 Å². The van der Waals surface area contributed by atoms with Crippen LogP contribution in [0.15, 0.2) is 54.6 Å². The van der Waals surface area contributed by atoms with E-state index in [0.717, 1.165) is 70.4 Å². The summed E-state index contributed by atoms with van der Waals surface area (Å²) in [7, 11) is 3.71. The summed E-state index contributed by atoms with van der Waals surface area (Å²) in [5.74, 6) is -1.56. The summed E-state index contributed by atoms with van der Waals surface area (Å²) in [6.45, 7) is 19.5. The lowest BCUT2D eigenvalue weighted by Gasteiger charge is -2.47. The average Bonchev–Trinajstić information content (AvgIpc) is 3.96. The van der Waals surface area contributed by atoms with Gasteiger partial charge in [0.2, 0.25) is 11.8 Å². The van der Waals surface area contributed by atoms with Gasteiger partial charge in [-0.15, -0.1) is 11.3 Å². The largest absolute Gasteiger partial charge is 0.464 e. The molecule has 4 aliphatic rings. The number of methoxy groups -OCH3 is 1. The van der Waals surface area contributed by atoms with E-state index in [9.17, 15) is 24.0 Å². The maximum Gasteiger partial charge on any atom is 0.323 e. The summed E-state index contributed by atoms with van der Waals surface area (Å²) in [5, 5.41) is 7.21. The van der Waals surface area contributed by atoms with Gasteiger partial charge in [-0.25, -0.2) is 15.2 Å². The third-order valence-corrected chi connectivity index (χ3v) is 17.6. The molecule has 3 saturated heterocycles. The Balaban J connectivity index is 1.11. The number of hydrogen-bond donors (Lipinski definition) is 2. The monoisotopic (exact) mass is 1010 g/mol. The third kappa shape index (κ3) is 10.6. The number of carbonyl (C=O) groups is 5. The molecule has 7 heterocycles. The summed E-state index contributed by atoms with van der Waals surface area (Å²) >= 11 is 1.43. The van der Waals surface area contributed by atoms with Gasteiger partial charge in [0.15, 0.2) is 0 Å². The van der Waals surface area contributed by atoms with E-state index in [4.69, 9.17) is 19.4 Å². The first-order valence-corrected chi connectivity index (χ1v) is 27.3. The molecule has 0 radical (unpaired) electrons. The van der Waals surface area contributed by atoms with Gasteiger partial charge in [-0.05, 0) is 106 Å². The number of hydrogen-bond acceptors (Lipinski definition) is 11. The molecule has 4 aliphatic heterocycles. The first-order chi connectivity index (χ1) is 33.8. The Kier molecular flexibility index (Phi) is 15.3. The zero-order chi connectivity index (χ0) is 51.0. The second kappa shape index (κ2) is 21.0. The Morgan fingerprint density at radius 2 is 1.76 bits per heavy atom. The molecule has 71 heavy (non-hydrogen) atoms. The number of cyclic esters (lactones) is 1. The number of aryl methyl sites for hydroxylation is 1. The van der Waals surface area contributed by atoms with Crippen molar-refractivity contribution in [1.82, 2.24) is 45.0 Å². The number of fused-ring (bicyclic) bond motifs is 6. The molecular weight excluding hydrogens is 935 g/mol. The Hall–Kier alpha value is -5.43. The lowest BCUT2D eigenvalue weighted by atomic mass is 9.71. The molecule has 1 spiro atoms. The molecule has 0 saturated carbocycles. The van der Waals surface area contributed by atoms with Gasteiger partial charge in [0.1, 0.15) is 17.2 Å². The minimum atomic E-state index is -1.09. The van der Waals surface area contributed by atoms with E-state index in [1.807, 2.05) is 42.0 Å². The Morgan fingerprint density at radius 1 is 1.06 bits per heavy atom. The molecule has 4 atom stereocenters. The van der Waals surface area contributed by atoms with Crippen molar-refractivity contribution in [2.75, 3.05) is 53.5 Å². The van der Waals surface area contributed by atoms with E-state index in [1.165, 1.54) is 27.3 Å². The Morgan fingerprint density at radius 3 is 2.42 bits per heavy atom. The highest BCUT2D eigenvalue weighted by Gasteiger charge is 2.45. The Labute approximate surface area is 425 Å². The number of likely N-dealkylation sites (N-methyl/N-ethyl adjacent to an activating group) is 1. The number of nitrogens with zero attached hydrogens (tertiary/aromatic N) is 7. The van der Waals surface area contributed by atoms with Crippen molar-refractivity contribution in [1.29, 1.82) is 0 Å². The van der Waals surface area contributed by atoms with Gasteiger partial charge >= 0.3 is 12.0 Å². The molecule has 4 aromatic rings. The minimum absolute atomic E-state index is 0.0435. The molecule has 16 nitrogen and oxygen atoms in total. The maximum atomic E-state index is 14.9. The molecule has 3 aromatic heterocycles. The van der Waals surface area contributed by atoms with E-state index in [0.29, 0.717) is 73.8 Å². The molecular formula is C53H73N9O7SSi. The van der Waals surface area contributed by atoms with Crippen LogP contribution in [0.4, 0.5) is 4.79 Å². The van der Waals surface area contributed by atoms with Crippen molar-refractivity contribution < 1.29 is 33.4 Å². The van der Waals surface area contributed by atoms with Crippen LogP contribution < -0.4 is 10.7 Å². The van der Waals surface area contributed by atoms with Crippen LogP contribution in [-0.2, 0) is 48.0 Å². The van der Waals surface area contributed by atoms with E-state index < -0.39 is 34.5 Å². The highest BCUT2D eigenvalue weighted by molar-refractivity contribution is 7.10. The standard InChI is InChI=1S/C53H73N9O7SSi/c1-10-43(63)59-24-18-52(19-25-59)20-26-60(27-21-52)50(67)58(8)45(33(3)4)47(64)56-39-29-42-55-40(31-70-42)35-15-16-41-37(28-35)38(46(61(41)11-2)36-14-12-22-54-44(36)34(5)68-9)30-51(6,7)32-69-49(66)53(71)17-13-23-62(57-53)48(39)65/h10,12,14-16,22,28,31,33-34,39,45,57H,1,11,13,17-21,23-27,29-30,32H2,2-9,71H3,(H,56,64)/t34-,39-,45-,53-/m0/s1. The van der Waals surface area contributed by atoms with Crippen LogP contribution >= 0.6 is 11.3 Å². The second-order valence-corrected chi connectivity index (χ2v) is 24.2. The van der Waals surface area contributed by atoms with Crippen molar-refractivity contribution in [2.24, 2.45) is 16.7 Å². The topological polar surface area (TPSA) is 172 Å². The minimum Gasteiger partial charge on any atom is -0.464 e. The number of nitrogens with one attached hydrogen (secondary N) is 2. The number of hydrazine groups is 1. The highest BCUT2D eigenvalue weighted by atomic mass is 32.1. The Bertz CT molecular complexity index is 2670. The SMILES string of the molecule is C=CC(=O)N1CCC2(CC1)CCN(C(=O)N(C)[C@H](C(=O)N[C@H]1Cc3nc(cs3)-c3ccc4c(c3)c(c(-c3cccnc3[C@H](C)OC)n4CC)CC(C)(C)COC(=O)[C@@]3([SiH3])CCCN(N3)C1=O)C(C)C)CC2. The fourth-order valence-corrected chi connectivity index (χ4v) is 13.0. The molecule has 2 N–H and O–H groups in total. The van der Waals surface area contributed by atoms with Crippen LogP contribution in [-0.4, -0.2) is 145 Å². The van der Waals surface area contributed by atoms with Crippen molar-refractivity contribution in [3.63, 3.8) is 0 Å². The lowest BCUT2D eigenvalue weighted by molar-refractivity contribution is -0.158. The fourth-order valence-electron chi connectivity index (χ4n) is 11.3. The van der Waals surface area contributed by atoms with Gasteiger partial charge in [-0.3, -0.25) is 29.2 Å². The number of benzene rings is 1. The zero-order valence-electron chi connectivity index (χ0n) is 43.1. The summed E-state index contributed by atoms with van der Waals surface area (Å²) in [6, 6.07) is 8.29. The number of likely N-dealkylation sites (tertiary alicyclic amines) is 2. The van der Waals surface area contributed by atoms with Crippen LogP contribution in [0.25, 0.3) is 33.4 Å². The number of urea groups is 1. The van der Waals surface area contributed by atoms with Gasteiger partial charge in [0.25, 0.3) is 5.91 Å². The van der Waals surface area contributed by atoms with Crippen LogP contribution in [0.3, 0.4) is 0 Å². The normalized spacial score (nSPS) is 22.5. The predicted octanol–water partition coefficient (Wildman–Crippen LogP) is 5.86. The molecule has 1 aromatic carbocycles. The van der Waals surface area contributed by atoms with Crippen LogP contribution in [0.1, 0.15) is 102 Å². The van der Waals surface area contributed by atoms with Gasteiger partial charge in [-0.1, -0.05) is 40.3 Å². The molecule has 0 unspecified atom stereocenters. The van der Waals surface area contributed by atoms with Crippen molar-refractivity contribution in [3.05, 3.63) is 70.8 Å². The van der Waals surface area contributed by atoms with E-state index in [1.54, 1.807) is 20.4 Å². The smallest absolute Gasteiger partial charge is 0.323 e. The number of amides is 5. The molecule has 8 rings (SSSR count). The number of ether oxygens (including phenoxy) is 2. The van der Waals surface area contributed by atoms with E-state index in [-0.39, 0.29) is 48.3 Å². The molecule has 382 valence electrons. The number of carbonyl (C=O) groups excluding carboxylic acids is 5.